The van der Waals surface area contributed by atoms with Crippen LogP contribution in [0, 0.1) is 17.8 Å². The molecule has 1 aliphatic rings. The van der Waals surface area contributed by atoms with Gasteiger partial charge in [-0.2, -0.15) is 0 Å². The monoisotopic (exact) mass is 422 g/mol. The van der Waals surface area contributed by atoms with E-state index in [1.165, 1.54) is 7.11 Å². The van der Waals surface area contributed by atoms with Crippen LogP contribution >= 0.6 is 23.5 Å². The lowest BCUT2D eigenvalue weighted by molar-refractivity contribution is -0.150. The summed E-state index contributed by atoms with van der Waals surface area (Å²) in [7, 11) is 1.34. The highest BCUT2D eigenvalue weighted by atomic mass is 32.2. The molecule has 1 saturated heterocycles. The highest BCUT2D eigenvalue weighted by Crippen LogP contribution is 2.54. The van der Waals surface area contributed by atoms with E-state index in [2.05, 4.69) is 6.92 Å². The van der Waals surface area contributed by atoms with Crippen molar-refractivity contribution in [2.45, 2.75) is 82.2 Å². The molecule has 0 amide bonds. The van der Waals surface area contributed by atoms with Gasteiger partial charge in [-0.1, -0.05) is 20.8 Å². The summed E-state index contributed by atoms with van der Waals surface area (Å²) in [5.41, 5.74) is -1.09. The standard InChI is InChI=1S/C20H38O5S2/c1-7-16(21)19(5,24)8-9-20(26-10-11-27-20)14(3)12-13(2)17(22)15(4)18(23)25-6/h13-17,21-22,24H,7-12H2,1-6H3/t13-,14?,15+,16-,17-,19+/m0/s1. The molecular formula is C20H38O5S2. The number of hydrogen-bond acceptors (Lipinski definition) is 7. The third-order valence-electron chi connectivity index (χ3n) is 6.00. The Balaban J connectivity index is 2.77. The van der Waals surface area contributed by atoms with Crippen LogP contribution in [0.3, 0.4) is 0 Å². The summed E-state index contributed by atoms with van der Waals surface area (Å²) in [6.07, 6.45) is 1.22. The van der Waals surface area contributed by atoms with Crippen LogP contribution in [0.4, 0.5) is 0 Å². The normalized spacial score (nSPS) is 24.5. The molecular weight excluding hydrogens is 384 g/mol. The molecule has 1 heterocycles. The van der Waals surface area contributed by atoms with Gasteiger partial charge in [0, 0.05) is 11.5 Å². The molecule has 1 fully saturated rings. The van der Waals surface area contributed by atoms with E-state index in [1.54, 1.807) is 13.8 Å². The predicted molar refractivity (Wildman–Crippen MR) is 114 cm³/mol. The minimum atomic E-state index is -1.09. The smallest absolute Gasteiger partial charge is 0.311 e. The first kappa shape index (κ1) is 25.1. The van der Waals surface area contributed by atoms with Gasteiger partial charge in [0.05, 0.1) is 34.9 Å². The zero-order chi connectivity index (χ0) is 20.8. The van der Waals surface area contributed by atoms with Crippen molar-refractivity contribution in [2.75, 3.05) is 18.6 Å². The molecule has 0 spiro atoms. The second-order valence-corrected chi connectivity index (χ2v) is 11.3. The van der Waals surface area contributed by atoms with Crippen molar-refractivity contribution in [2.24, 2.45) is 17.8 Å². The highest BCUT2D eigenvalue weighted by Gasteiger charge is 2.44. The fourth-order valence-corrected chi connectivity index (χ4v) is 7.32. The fourth-order valence-electron chi connectivity index (χ4n) is 3.87. The Morgan fingerprint density at radius 3 is 2.26 bits per heavy atom. The van der Waals surface area contributed by atoms with Gasteiger partial charge in [0.2, 0.25) is 0 Å². The van der Waals surface area contributed by atoms with Crippen LogP contribution in [0.25, 0.3) is 0 Å². The highest BCUT2D eigenvalue weighted by molar-refractivity contribution is 8.21. The average molecular weight is 423 g/mol. The molecule has 0 aromatic rings. The molecule has 0 radical (unpaired) electrons. The molecule has 7 heteroatoms. The molecule has 6 atom stereocenters. The quantitative estimate of drug-likeness (QED) is 0.440. The second-order valence-electron chi connectivity index (χ2n) is 8.21. The number of ether oxygens (including phenoxy) is 1. The molecule has 3 N–H and O–H groups in total. The Morgan fingerprint density at radius 2 is 1.78 bits per heavy atom. The lowest BCUT2D eigenvalue weighted by Crippen LogP contribution is -2.41. The zero-order valence-electron chi connectivity index (χ0n) is 17.6. The van der Waals surface area contributed by atoms with E-state index < -0.39 is 23.7 Å². The van der Waals surface area contributed by atoms with Gasteiger partial charge in [-0.15, -0.1) is 23.5 Å². The van der Waals surface area contributed by atoms with Crippen molar-refractivity contribution in [1.29, 1.82) is 0 Å². The third-order valence-corrected chi connectivity index (χ3v) is 9.98. The van der Waals surface area contributed by atoms with E-state index >= 15 is 0 Å². The number of carbonyl (C=O) groups excluding carboxylic acids is 1. The second kappa shape index (κ2) is 10.7. The van der Waals surface area contributed by atoms with Crippen LogP contribution in [0.5, 0.6) is 0 Å². The molecule has 160 valence electrons. The van der Waals surface area contributed by atoms with Gasteiger partial charge in [-0.3, -0.25) is 4.79 Å². The van der Waals surface area contributed by atoms with Crippen molar-refractivity contribution >= 4 is 29.5 Å². The molecule has 0 bridgehead atoms. The first-order chi connectivity index (χ1) is 12.5. The first-order valence-electron chi connectivity index (χ1n) is 9.95. The van der Waals surface area contributed by atoms with E-state index in [0.29, 0.717) is 18.8 Å². The summed E-state index contributed by atoms with van der Waals surface area (Å²) in [4.78, 5) is 11.7. The van der Waals surface area contributed by atoms with Crippen LogP contribution in [0.15, 0.2) is 0 Å². The predicted octanol–water partition coefficient (Wildman–Crippen LogP) is 3.30. The van der Waals surface area contributed by atoms with Gasteiger partial charge in [0.25, 0.3) is 0 Å². The number of methoxy groups -OCH3 is 1. The van der Waals surface area contributed by atoms with E-state index in [4.69, 9.17) is 4.74 Å². The van der Waals surface area contributed by atoms with Crippen molar-refractivity contribution in [3.05, 3.63) is 0 Å². The molecule has 1 aliphatic heterocycles. The first-order valence-corrected chi connectivity index (χ1v) is 11.9. The van der Waals surface area contributed by atoms with Crippen molar-refractivity contribution in [1.82, 2.24) is 0 Å². The number of rotatable bonds is 11. The molecule has 0 aliphatic carbocycles. The number of carbonyl (C=O) groups is 1. The maximum atomic E-state index is 11.7. The topological polar surface area (TPSA) is 87.0 Å². The molecule has 0 aromatic carbocycles. The summed E-state index contributed by atoms with van der Waals surface area (Å²) in [5.74, 6) is 1.49. The lowest BCUT2D eigenvalue weighted by atomic mass is 9.83. The Kier molecular flexibility index (Phi) is 9.96. The summed E-state index contributed by atoms with van der Waals surface area (Å²) in [5, 5.41) is 31.2. The lowest BCUT2D eigenvalue weighted by Gasteiger charge is -2.39. The Labute approximate surface area is 173 Å². The van der Waals surface area contributed by atoms with E-state index in [-0.39, 0.29) is 16.0 Å². The molecule has 27 heavy (non-hydrogen) atoms. The molecule has 0 aromatic heterocycles. The number of aliphatic hydroxyl groups excluding tert-OH is 2. The largest absolute Gasteiger partial charge is 0.469 e. The average Bonchev–Trinajstić information content (AvgIpc) is 3.14. The fraction of sp³-hybridized carbons (Fsp3) is 0.950. The van der Waals surface area contributed by atoms with Crippen LogP contribution in [0.1, 0.15) is 60.3 Å². The summed E-state index contributed by atoms with van der Waals surface area (Å²) in [6, 6.07) is 0. The summed E-state index contributed by atoms with van der Waals surface area (Å²) < 4.78 is 4.73. The number of esters is 1. The maximum absolute atomic E-state index is 11.7. The minimum absolute atomic E-state index is 0.0278. The molecule has 1 unspecified atom stereocenters. The van der Waals surface area contributed by atoms with Crippen LogP contribution < -0.4 is 0 Å². The Hall–Kier alpha value is 0.0500. The van der Waals surface area contributed by atoms with Crippen molar-refractivity contribution < 1.29 is 24.9 Å². The number of aliphatic hydroxyl groups is 3. The molecule has 5 nitrogen and oxygen atoms in total. The van der Waals surface area contributed by atoms with Gasteiger partial charge in [-0.05, 0) is 51.4 Å². The maximum Gasteiger partial charge on any atom is 0.311 e. The van der Waals surface area contributed by atoms with Gasteiger partial charge in [0.1, 0.15) is 0 Å². The van der Waals surface area contributed by atoms with Crippen molar-refractivity contribution in [3.63, 3.8) is 0 Å². The van der Waals surface area contributed by atoms with Gasteiger partial charge < -0.3 is 20.1 Å². The minimum Gasteiger partial charge on any atom is -0.469 e. The van der Waals surface area contributed by atoms with Crippen molar-refractivity contribution in [3.8, 4) is 0 Å². The Bertz CT molecular complexity index is 465. The number of thioether (sulfide) groups is 2. The van der Waals surface area contributed by atoms with Crippen LogP contribution in [-0.2, 0) is 9.53 Å². The van der Waals surface area contributed by atoms with E-state index in [0.717, 1.165) is 24.3 Å². The van der Waals surface area contributed by atoms with Gasteiger partial charge in [-0.25, -0.2) is 0 Å². The Morgan fingerprint density at radius 1 is 1.22 bits per heavy atom. The number of hydrogen-bond donors (Lipinski definition) is 3. The van der Waals surface area contributed by atoms with E-state index in [9.17, 15) is 20.1 Å². The summed E-state index contributed by atoms with van der Waals surface area (Å²) in [6.45, 7) is 9.48. The molecule has 0 saturated carbocycles. The van der Waals surface area contributed by atoms with E-state index in [1.807, 2.05) is 37.4 Å². The van der Waals surface area contributed by atoms with Gasteiger partial charge in [0.15, 0.2) is 0 Å². The van der Waals surface area contributed by atoms with Crippen LogP contribution in [-0.4, -0.2) is 61.8 Å². The van der Waals surface area contributed by atoms with Gasteiger partial charge >= 0.3 is 5.97 Å². The third kappa shape index (κ3) is 6.53. The molecule has 1 rings (SSSR count). The van der Waals surface area contributed by atoms with Crippen LogP contribution in [0.2, 0.25) is 0 Å². The SMILES string of the molecule is CC[C@H](O)[C@](C)(O)CCC1(C(C)C[C@H](C)[C@H](O)[C@@H](C)C(=O)OC)SCCS1. The summed E-state index contributed by atoms with van der Waals surface area (Å²) >= 11 is 3.86. The zero-order valence-corrected chi connectivity index (χ0v) is 19.2.